The van der Waals surface area contributed by atoms with Crippen molar-refractivity contribution in [1.29, 1.82) is 0 Å². The lowest BCUT2D eigenvalue weighted by molar-refractivity contribution is -0.0560. The molecule has 0 N–H and O–H groups in total. The quantitative estimate of drug-likeness (QED) is 0.575. The van der Waals surface area contributed by atoms with Crippen molar-refractivity contribution in [3.05, 3.63) is 12.3 Å². The van der Waals surface area contributed by atoms with E-state index >= 15 is 0 Å². The molecule has 0 radical (unpaired) electrons. The van der Waals surface area contributed by atoms with Gasteiger partial charge in [0.05, 0.1) is 6.54 Å². The van der Waals surface area contributed by atoms with Crippen LogP contribution in [0.25, 0.3) is 0 Å². The lowest BCUT2D eigenvalue weighted by atomic mass is 10.2. The predicted octanol–water partition coefficient (Wildman–Crippen LogP) is 1.99. The van der Waals surface area contributed by atoms with Gasteiger partial charge in [-0.1, -0.05) is 0 Å². The maximum atomic E-state index is 12.1. The Balaban J connectivity index is 2.63. The smallest absolute Gasteiger partial charge is 0.443 e. The van der Waals surface area contributed by atoms with Crippen LogP contribution in [0.3, 0.4) is 0 Å². The van der Waals surface area contributed by atoms with Crippen molar-refractivity contribution in [2.24, 2.45) is 0 Å². The minimum absolute atomic E-state index is 0.371. The summed E-state index contributed by atoms with van der Waals surface area (Å²) >= 11 is 0. The Morgan fingerprint density at radius 2 is 1.85 bits per heavy atom. The largest absolute Gasteiger partial charge is 0.523 e. The summed E-state index contributed by atoms with van der Waals surface area (Å²) in [6.07, 6.45) is -0.0453. The number of alkyl halides is 3. The Hall–Kier alpha value is -1.29. The number of ether oxygens (including phenoxy) is 1. The molecule has 0 spiro atoms. The van der Waals surface area contributed by atoms with Crippen LogP contribution in [0, 0.1) is 0 Å². The molecular formula is C10H14F3NO5S. The highest BCUT2D eigenvalue weighted by Gasteiger charge is 2.49. The van der Waals surface area contributed by atoms with Crippen LogP contribution in [0.4, 0.5) is 18.0 Å². The highest BCUT2D eigenvalue weighted by Crippen LogP contribution is 2.27. The average molecular weight is 317 g/mol. The van der Waals surface area contributed by atoms with E-state index < -0.39 is 33.4 Å². The van der Waals surface area contributed by atoms with Crippen LogP contribution >= 0.6 is 0 Å². The molecule has 0 aliphatic carbocycles. The van der Waals surface area contributed by atoms with Crippen LogP contribution in [0.1, 0.15) is 20.8 Å². The number of nitrogens with zero attached hydrogens (tertiary/aromatic N) is 1. The van der Waals surface area contributed by atoms with Gasteiger partial charge in [-0.05, 0) is 26.8 Å². The van der Waals surface area contributed by atoms with Gasteiger partial charge in [0.1, 0.15) is 11.7 Å². The zero-order valence-corrected chi connectivity index (χ0v) is 11.8. The Bertz CT molecular complexity index is 506. The fraction of sp³-hybridized carbons (Fsp3) is 0.700. The van der Waals surface area contributed by atoms with E-state index in [-0.39, 0.29) is 6.54 Å². The number of carbonyl (C=O) groups excluding carboxylic acids is 1. The number of carbonyl (C=O) groups is 1. The van der Waals surface area contributed by atoms with E-state index in [1.165, 1.54) is 0 Å². The van der Waals surface area contributed by atoms with Crippen molar-refractivity contribution in [2.45, 2.75) is 38.0 Å². The molecule has 1 aliphatic heterocycles. The molecule has 0 saturated heterocycles. The molecule has 0 aromatic carbocycles. The van der Waals surface area contributed by atoms with Crippen LogP contribution in [0.5, 0.6) is 0 Å². The number of hydrogen-bond acceptors (Lipinski definition) is 5. The predicted molar refractivity (Wildman–Crippen MR) is 61.9 cm³/mol. The van der Waals surface area contributed by atoms with Crippen LogP contribution < -0.4 is 0 Å². The third-order valence-corrected chi connectivity index (χ3v) is 3.09. The molecule has 0 fully saturated rings. The summed E-state index contributed by atoms with van der Waals surface area (Å²) in [6, 6.07) is 0. The van der Waals surface area contributed by atoms with Crippen LogP contribution in [-0.4, -0.2) is 43.2 Å². The third-order valence-electron chi connectivity index (χ3n) is 2.02. The van der Waals surface area contributed by atoms with Crippen molar-refractivity contribution in [2.75, 3.05) is 6.54 Å². The molecule has 116 valence electrons. The number of rotatable bonds is 2. The van der Waals surface area contributed by atoms with E-state index in [1.807, 2.05) is 0 Å². The molecule has 0 aromatic rings. The normalized spacial score (nSPS) is 20.3. The zero-order valence-electron chi connectivity index (χ0n) is 11.0. The van der Waals surface area contributed by atoms with Gasteiger partial charge in [-0.15, -0.1) is 0 Å². The summed E-state index contributed by atoms with van der Waals surface area (Å²) in [5.74, 6) is 0. The monoisotopic (exact) mass is 317 g/mol. The van der Waals surface area contributed by atoms with Crippen LogP contribution in [0.2, 0.25) is 0 Å². The second-order valence-corrected chi connectivity index (χ2v) is 6.57. The Labute approximate surface area is 114 Å². The highest BCUT2D eigenvalue weighted by atomic mass is 32.2. The zero-order chi connectivity index (χ0) is 15.8. The van der Waals surface area contributed by atoms with E-state index in [4.69, 9.17) is 4.74 Å². The van der Waals surface area contributed by atoms with Gasteiger partial charge in [-0.3, -0.25) is 9.08 Å². The molecule has 6 nitrogen and oxygen atoms in total. The van der Waals surface area contributed by atoms with Gasteiger partial charge >= 0.3 is 21.7 Å². The molecule has 10 heteroatoms. The second-order valence-electron chi connectivity index (χ2n) is 5.01. The van der Waals surface area contributed by atoms with E-state index in [0.29, 0.717) is 0 Å². The first-order valence-corrected chi connectivity index (χ1v) is 6.90. The van der Waals surface area contributed by atoms with E-state index in [2.05, 4.69) is 4.18 Å². The molecule has 0 saturated carbocycles. The molecular weight excluding hydrogens is 303 g/mol. The van der Waals surface area contributed by atoms with E-state index in [1.54, 1.807) is 20.8 Å². The first-order chi connectivity index (χ1) is 8.82. The average Bonchev–Trinajstić information content (AvgIpc) is 2.60. The summed E-state index contributed by atoms with van der Waals surface area (Å²) in [7, 11) is -5.70. The SMILES string of the molecule is CC(C)(C)OC(=O)N1C=CC(OS(=O)(=O)C(F)(F)F)C1. The van der Waals surface area contributed by atoms with Gasteiger partial charge in [0, 0.05) is 6.20 Å². The van der Waals surface area contributed by atoms with Gasteiger partial charge in [0.2, 0.25) is 0 Å². The first kappa shape index (κ1) is 16.8. The fourth-order valence-electron chi connectivity index (χ4n) is 1.25. The number of amides is 1. The summed E-state index contributed by atoms with van der Waals surface area (Å²) in [6.45, 7) is 4.48. The lowest BCUT2D eigenvalue weighted by Crippen LogP contribution is -2.36. The summed E-state index contributed by atoms with van der Waals surface area (Å²) in [5.41, 5.74) is -6.28. The Morgan fingerprint density at radius 1 is 1.30 bits per heavy atom. The molecule has 1 unspecified atom stereocenters. The molecule has 20 heavy (non-hydrogen) atoms. The van der Waals surface area contributed by atoms with Gasteiger partial charge in [0.15, 0.2) is 0 Å². The topological polar surface area (TPSA) is 72.9 Å². The van der Waals surface area contributed by atoms with Crippen molar-refractivity contribution in [3.8, 4) is 0 Å². The standard InChI is InChI=1S/C10H14F3NO5S/c1-9(2,3)18-8(15)14-5-4-7(6-14)19-20(16,17)10(11,12)13/h4-5,7H,6H2,1-3H3. The lowest BCUT2D eigenvalue weighted by Gasteiger charge is -2.23. The third kappa shape index (κ3) is 4.37. The van der Waals surface area contributed by atoms with E-state index in [9.17, 15) is 26.4 Å². The Kier molecular flexibility index (Phi) is 4.39. The minimum Gasteiger partial charge on any atom is -0.443 e. The summed E-state index contributed by atoms with van der Waals surface area (Å²) in [4.78, 5) is 12.5. The summed E-state index contributed by atoms with van der Waals surface area (Å²) in [5, 5.41) is 0. The summed E-state index contributed by atoms with van der Waals surface area (Å²) < 4.78 is 66.9. The molecule has 1 atom stereocenters. The molecule has 1 aliphatic rings. The van der Waals surface area contributed by atoms with Gasteiger partial charge in [-0.2, -0.15) is 21.6 Å². The molecule has 1 rings (SSSR count). The maximum absolute atomic E-state index is 12.1. The minimum atomic E-state index is -5.70. The number of halogens is 3. The second kappa shape index (κ2) is 5.24. The first-order valence-electron chi connectivity index (χ1n) is 5.49. The van der Waals surface area contributed by atoms with Crippen molar-refractivity contribution < 1.29 is 35.3 Å². The van der Waals surface area contributed by atoms with Crippen molar-refractivity contribution in [3.63, 3.8) is 0 Å². The number of hydrogen-bond donors (Lipinski definition) is 0. The van der Waals surface area contributed by atoms with Crippen LogP contribution in [-0.2, 0) is 19.0 Å². The highest BCUT2D eigenvalue weighted by molar-refractivity contribution is 7.87. The van der Waals surface area contributed by atoms with Gasteiger partial charge in [-0.25, -0.2) is 4.79 Å². The van der Waals surface area contributed by atoms with Gasteiger partial charge in [0.25, 0.3) is 0 Å². The van der Waals surface area contributed by atoms with Crippen LogP contribution in [0.15, 0.2) is 12.3 Å². The van der Waals surface area contributed by atoms with Gasteiger partial charge < -0.3 is 4.74 Å². The maximum Gasteiger partial charge on any atom is 0.523 e. The molecule has 0 bridgehead atoms. The van der Waals surface area contributed by atoms with Crippen molar-refractivity contribution >= 4 is 16.2 Å². The molecule has 1 amide bonds. The molecule has 1 heterocycles. The fourth-order valence-corrected chi connectivity index (χ4v) is 1.81. The molecule has 0 aromatic heterocycles. The van der Waals surface area contributed by atoms with Crippen molar-refractivity contribution in [1.82, 2.24) is 4.90 Å². The van der Waals surface area contributed by atoms with E-state index in [0.717, 1.165) is 17.2 Å². The Morgan fingerprint density at radius 3 is 2.30 bits per heavy atom.